The summed E-state index contributed by atoms with van der Waals surface area (Å²) in [5.41, 5.74) is 8.53. The van der Waals surface area contributed by atoms with Gasteiger partial charge in [0.1, 0.15) is 0 Å². The molecule has 1 heterocycles. The van der Waals surface area contributed by atoms with E-state index in [4.69, 9.17) is 5.73 Å². The van der Waals surface area contributed by atoms with Gasteiger partial charge < -0.3 is 16.2 Å². The summed E-state index contributed by atoms with van der Waals surface area (Å²) >= 11 is 0. The van der Waals surface area contributed by atoms with E-state index in [1.165, 1.54) is 0 Å². The SMILES string of the molecule is Nc1ccc2c(NCC3(CO)CC3)ccnc2c1. The highest BCUT2D eigenvalue weighted by Crippen LogP contribution is 2.45. The van der Waals surface area contributed by atoms with Gasteiger partial charge in [-0.3, -0.25) is 4.98 Å². The van der Waals surface area contributed by atoms with Crippen molar-refractivity contribution in [3.8, 4) is 0 Å². The molecule has 18 heavy (non-hydrogen) atoms. The Kier molecular flexibility index (Phi) is 2.59. The van der Waals surface area contributed by atoms with Crippen molar-refractivity contribution in [2.75, 3.05) is 24.2 Å². The fraction of sp³-hybridized carbons (Fsp3) is 0.357. The van der Waals surface area contributed by atoms with Crippen molar-refractivity contribution in [1.82, 2.24) is 4.98 Å². The molecule has 0 unspecified atom stereocenters. The van der Waals surface area contributed by atoms with Crippen LogP contribution in [0.2, 0.25) is 0 Å². The van der Waals surface area contributed by atoms with Crippen LogP contribution in [0.1, 0.15) is 12.8 Å². The third-order valence-electron chi connectivity index (χ3n) is 3.71. The van der Waals surface area contributed by atoms with Crippen LogP contribution in [-0.2, 0) is 0 Å². The molecule has 4 nitrogen and oxygen atoms in total. The second-order valence-corrected chi connectivity index (χ2v) is 5.15. The van der Waals surface area contributed by atoms with E-state index in [1.54, 1.807) is 6.20 Å². The minimum Gasteiger partial charge on any atom is -0.399 e. The van der Waals surface area contributed by atoms with Gasteiger partial charge in [-0.25, -0.2) is 0 Å². The van der Waals surface area contributed by atoms with Crippen LogP contribution in [0, 0.1) is 5.41 Å². The third-order valence-corrected chi connectivity index (χ3v) is 3.71. The molecule has 3 rings (SSSR count). The Bertz CT molecular complexity index is 578. The van der Waals surface area contributed by atoms with Crippen molar-refractivity contribution in [1.29, 1.82) is 0 Å². The lowest BCUT2D eigenvalue weighted by Gasteiger charge is -2.15. The van der Waals surface area contributed by atoms with Gasteiger partial charge in [0, 0.05) is 34.9 Å². The van der Waals surface area contributed by atoms with E-state index < -0.39 is 0 Å². The van der Waals surface area contributed by atoms with Gasteiger partial charge in [-0.2, -0.15) is 0 Å². The highest BCUT2D eigenvalue weighted by Gasteiger charge is 2.41. The number of fused-ring (bicyclic) bond motifs is 1. The second kappa shape index (κ2) is 4.14. The van der Waals surface area contributed by atoms with Crippen molar-refractivity contribution in [3.63, 3.8) is 0 Å². The summed E-state index contributed by atoms with van der Waals surface area (Å²) in [6.45, 7) is 1.07. The number of benzene rings is 1. The van der Waals surface area contributed by atoms with Crippen molar-refractivity contribution in [2.24, 2.45) is 5.41 Å². The summed E-state index contributed by atoms with van der Waals surface area (Å²) in [6, 6.07) is 7.71. The molecular formula is C14H17N3O. The van der Waals surface area contributed by atoms with Gasteiger partial charge in [0.25, 0.3) is 0 Å². The van der Waals surface area contributed by atoms with E-state index >= 15 is 0 Å². The molecule has 0 radical (unpaired) electrons. The first-order valence-electron chi connectivity index (χ1n) is 6.21. The molecule has 1 aliphatic rings. The lowest BCUT2D eigenvalue weighted by molar-refractivity contribution is 0.220. The van der Waals surface area contributed by atoms with Gasteiger partial charge in [0.15, 0.2) is 0 Å². The number of nitrogens with one attached hydrogen (secondary N) is 1. The quantitative estimate of drug-likeness (QED) is 0.718. The predicted octanol–water partition coefficient (Wildman–Crippen LogP) is 2.00. The van der Waals surface area contributed by atoms with Crippen molar-refractivity contribution >= 4 is 22.3 Å². The number of rotatable bonds is 4. The smallest absolute Gasteiger partial charge is 0.0743 e. The number of aromatic nitrogens is 1. The number of hydrogen-bond acceptors (Lipinski definition) is 4. The van der Waals surface area contributed by atoms with Crippen LogP contribution >= 0.6 is 0 Å². The topological polar surface area (TPSA) is 71.2 Å². The van der Waals surface area contributed by atoms with Crippen molar-refractivity contribution in [3.05, 3.63) is 30.5 Å². The Labute approximate surface area is 106 Å². The molecule has 1 fully saturated rings. The van der Waals surface area contributed by atoms with Gasteiger partial charge in [0.05, 0.1) is 12.1 Å². The van der Waals surface area contributed by atoms with Gasteiger partial charge in [-0.15, -0.1) is 0 Å². The number of pyridine rings is 1. The number of nitrogens with zero attached hydrogens (tertiary/aromatic N) is 1. The van der Waals surface area contributed by atoms with Gasteiger partial charge in [-0.05, 0) is 37.1 Å². The number of aliphatic hydroxyl groups excluding tert-OH is 1. The van der Waals surface area contributed by atoms with E-state index in [1.807, 2.05) is 24.3 Å². The van der Waals surface area contributed by atoms with E-state index in [0.29, 0.717) is 0 Å². The monoisotopic (exact) mass is 243 g/mol. The highest BCUT2D eigenvalue weighted by atomic mass is 16.3. The lowest BCUT2D eigenvalue weighted by Crippen LogP contribution is -2.19. The number of hydrogen-bond donors (Lipinski definition) is 3. The first-order valence-corrected chi connectivity index (χ1v) is 6.21. The summed E-state index contributed by atoms with van der Waals surface area (Å²) < 4.78 is 0. The van der Waals surface area contributed by atoms with Crippen LogP contribution in [0.3, 0.4) is 0 Å². The van der Waals surface area contributed by atoms with Gasteiger partial charge in [0.2, 0.25) is 0 Å². The minimum absolute atomic E-state index is 0.101. The fourth-order valence-electron chi connectivity index (χ4n) is 2.17. The minimum atomic E-state index is 0.101. The number of anilines is 2. The van der Waals surface area contributed by atoms with Crippen LogP contribution in [-0.4, -0.2) is 23.2 Å². The van der Waals surface area contributed by atoms with Crippen LogP contribution in [0.5, 0.6) is 0 Å². The Balaban J connectivity index is 1.87. The zero-order valence-electron chi connectivity index (χ0n) is 10.2. The van der Waals surface area contributed by atoms with Gasteiger partial charge >= 0.3 is 0 Å². The molecule has 4 heteroatoms. The maximum atomic E-state index is 9.32. The average molecular weight is 243 g/mol. The Morgan fingerprint density at radius 3 is 2.89 bits per heavy atom. The van der Waals surface area contributed by atoms with Crippen molar-refractivity contribution < 1.29 is 5.11 Å². The van der Waals surface area contributed by atoms with Crippen molar-refractivity contribution in [2.45, 2.75) is 12.8 Å². The molecule has 0 aliphatic heterocycles. The Morgan fingerprint density at radius 2 is 2.17 bits per heavy atom. The zero-order valence-corrected chi connectivity index (χ0v) is 10.2. The zero-order chi connectivity index (χ0) is 12.6. The molecule has 0 bridgehead atoms. The molecule has 0 saturated heterocycles. The Hall–Kier alpha value is -1.81. The highest BCUT2D eigenvalue weighted by molar-refractivity contribution is 5.92. The molecule has 1 aromatic heterocycles. The molecule has 1 aromatic carbocycles. The summed E-state index contributed by atoms with van der Waals surface area (Å²) in [4.78, 5) is 4.31. The molecule has 0 spiro atoms. The molecule has 1 saturated carbocycles. The maximum Gasteiger partial charge on any atom is 0.0743 e. The normalized spacial score (nSPS) is 16.7. The molecule has 1 aliphatic carbocycles. The maximum absolute atomic E-state index is 9.32. The summed E-state index contributed by atoms with van der Waals surface area (Å²) in [5, 5.41) is 13.8. The number of aliphatic hydroxyl groups is 1. The molecule has 0 amide bonds. The van der Waals surface area contributed by atoms with Crippen LogP contribution in [0.4, 0.5) is 11.4 Å². The van der Waals surface area contributed by atoms with E-state index in [0.717, 1.165) is 41.7 Å². The second-order valence-electron chi connectivity index (χ2n) is 5.15. The van der Waals surface area contributed by atoms with Gasteiger partial charge in [-0.1, -0.05) is 0 Å². The van der Waals surface area contributed by atoms with E-state index in [9.17, 15) is 5.11 Å². The lowest BCUT2D eigenvalue weighted by atomic mass is 10.1. The largest absolute Gasteiger partial charge is 0.399 e. The van der Waals surface area contributed by atoms with E-state index in [-0.39, 0.29) is 12.0 Å². The fourth-order valence-corrected chi connectivity index (χ4v) is 2.17. The number of nitrogens with two attached hydrogens (primary N) is 1. The van der Waals surface area contributed by atoms with E-state index in [2.05, 4.69) is 10.3 Å². The predicted molar refractivity (Wildman–Crippen MR) is 73.4 cm³/mol. The summed E-state index contributed by atoms with van der Waals surface area (Å²) in [7, 11) is 0. The van der Waals surface area contributed by atoms with Crippen LogP contribution < -0.4 is 11.1 Å². The first-order chi connectivity index (χ1) is 8.72. The summed E-state index contributed by atoms with van der Waals surface area (Å²) in [6.07, 6.45) is 3.99. The molecule has 2 aromatic rings. The number of nitrogen functional groups attached to an aromatic ring is 1. The Morgan fingerprint density at radius 1 is 1.33 bits per heavy atom. The molecule has 0 atom stereocenters. The van der Waals surface area contributed by atoms with Crippen LogP contribution in [0.15, 0.2) is 30.5 Å². The molecule has 94 valence electrons. The third kappa shape index (κ3) is 1.99. The average Bonchev–Trinajstić information content (AvgIpc) is 3.16. The first kappa shape index (κ1) is 11.3. The molecule has 4 N–H and O–H groups in total. The molecular weight excluding hydrogens is 226 g/mol. The standard InChI is InChI=1S/C14H17N3O/c15-10-1-2-11-12(3-6-16-13(11)7-10)17-8-14(9-18)4-5-14/h1-3,6-7,18H,4-5,8-9,15H2,(H,16,17). The summed E-state index contributed by atoms with van der Waals surface area (Å²) in [5.74, 6) is 0. The van der Waals surface area contributed by atoms with Crippen LogP contribution in [0.25, 0.3) is 10.9 Å².